The van der Waals surface area contributed by atoms with Crippen molar-refractivity contribution in [3.05, 3.63) is 28.2 Å². The quantitative estimate of drug-likeness (QED) is 0.404. The third-order valence-corrected chi connectivity index (χ3v) is 2.53. The lowest BCUT2D eigenvalue weighted by Crippen LogP contribution is -2.13. The van der Waals surface area contributed by atoms with E-state index in [4.69, 9.17) is 17.3 Å². The van der Waals surface area contributed by atoms with Crippen LogP contribution in [-0.2, 0) is 4.74 Å². The second-order valence-corrected chi connectivity index (χ2v) is 4.07. The van der Waals surface area contributed by atoms with Gasteiger partial charge in [0.2, 0.25) is 0 Å². The smallest absolute Gasteiger partial charge is 0.340 e. The Kier molecular flexibility index (Phi) is 4.76. The van der Waals surface area contributed by atoms with Crippen molar-refractivity contribution in [2.45, 2.75) is 0 Å². The van der Waals surface area contributed by atoms with E-state index >= 15 is 0 Å². The van der Waals surface area contributed by atoms with Gasteiger partial charge >= 0.3 is 5.97 Å². The van der Waals surface area contributed by atoms with E-state index < -0.39 is 5.97 Å². The van der Waals surface area contributed by atoms with Crippen LogP contribution in [0.4, 0.5) is 5.69 Å². The molecular weight excluding hydrogens is 295 g/mol. The zero-order chi connectivity index (χ0) is 12.1. The molecule has 0 saturated carbocycles. The summed E-state index contributed by atoms with van der Waals surface area (Å²) >= 11 is 8.78. The first-order valence-electron chi connectivity index (χ1n) is 4.35. The number of ether oxygens (including phenoxy) is 1. The molecule has 1 aromatic carbocycles. The molecular formula is C10H10BrClN2O2. The van der Waals surface area contributed by atoms with Gasteiger partial charge in [-0.2, -0.15) is 0 Å². The summed E-state index contributed by atoms with van der Waals surface area (Å²) in [4.78, 5) is 15.5. The van der Waals surface area contributed by atoms with Crippen molar-refractivity contribution in [3.63, 3.8) is 0 Å². The van der Waals surface area contributed by atoms with Crippen LogP contribution in [-0.4, -0.2) is 24.8 Å². The molecule has 16 heavy (non-hydrogen) atoms. The van der Waals surface area contributed by atoms with E-state index in [2.05, 4.69) is 25.7 Å². The van der Waals surface area contributed by atoms with Crippen LogP contribution in [0.25, 0.3) is 0 Å². The molecule has 1 aromatic rings. The van der Waals surface area contributed by atoms with Gasteiger partial charge in [-0.3, -0.25) is 0 Å². The molecule has 0 aromatic heterocycles. The number of rotatable bonds is 3. The van der Waals surface area contributed by atoms with Gasteiger partial charge < -0.3 is 10.5 Å². The fourth-order valence-corrected chi connectivity index (χ4v) is 1.48. The minimum absolute atomic E-state index is 0.108. The average Bonchev–Trinajstić information content (AvgIpc) is 2.30. The van der Waals surface area contributed by atoms with Gasteiger partial charge in [-0.15, -0.1) is 11.6 Å². The van der Waals surface area contributed by atoms with Gasteiger partial charge in [0.1, 0.15) is 5.84 Å². The molecule has 2 N–H and O–H groups in total. The Morgan fingerprint density at radius 3 is 2.88 bits per heavy atom. The highest BCUT2D eigenvalue weighted by Gasteiger charge is 2.12. The van der Waals surface area contributed by atoms with Crippen molar-refractivity contribution in [1.82, 2.24) is 0 Å². The van der Waals surface area contributed by atoms with Gasteiger partial charge in [0.05, 0.1) is 24.2 Å². The fraction of sp³-hybridized carbons (Fsp3) is 0.200. The third kappa shape index (κ3) is 3.21. The number of aliphatic imine (C=N–C) groups is 1. The van der Waals surface area contributed by atoms with E-state index in [9.17, 15) is 4.79 Å². The van der Waals surface area contributed by atoms with Crippen LogP contribution in [0.5, 0.6) is 0 Å². The molecule has 1 rings (SSSR count). The Morgan fingerprint density at radius 1 is 1.62 bits per heavy atom. The summed E-state index contributed by atoms with van der Waals surface area (Å²) in [5.74, 6) is -0.118. The number of methoxy groups -OCH3 is 1. The van der Waals surface area contributed by atoms with Crippen LogP contribution in [0.15, 0.2) is 27.7 Å². The first kappa shape index (κ1) is 13.0. The lowest BCUT2D eigenvalue weighted by Gasteiger charge is -2.05. The highest BCUT2D eigenvalue weighted by molar-refractivity contribution is 9.10. The summed E-state index contributed by atoms with van der Waals surface area (Å²) in [6.07, 6.45) is 0. The number of hydrogen-bond acceptors (Lipinski definition) is 3. The predicted molar refractivity (Wildman–Crippen MR) is 67.5 cm³/mol. The molecule has 4 nitrogen and oxygen atoms in total. The van der Waals surface area contributed by atoms with E-state index in [1.807, 2.05) is 0 Å². The normalized spacial score (nSPS) is 11.3. The summed E-state index contributed by atoms with van der Waals surface area (Å²) in [5.41, 5.74) is 6.28. The third-order valence-electron chi connectivity index (χ3n) is 1.76. The molecule has 0 aliphatic carbocycles. The van der Waals surface area contributed by atoms with Crippen LogP contribution in [0.2, 0.25) is 0 Å². The largest absolute Gasteiger partial charge is 0.465 e. The Morgan fingerprint density at radius 2 is 2.31 bits per heavy atom. The van der Waals surface area contributed by atoms with Crippen molar-refractivity contribution >= 4 is 45.0 Å². The standard InChI is InChI=1S/C10H10BrClN2O2/c1-16-10(15)7-4-6(11)2-3-8(7)14-9(13)5-12/h2-4H,5H2,1H3,(H2,13,14). The van der Waals surface area contributed by atoms with Gasteiger partial charge in [-0.1, -0.05) is 15.9 Å². The number of halogens is 2. The van der Waals surface area contributed by atoms with E-state index in [0.29, 0.717) is 11.3 Å². The van der Waals surface area contributed by atoms with Crippen LogP contribution in [0.3, 0.4) is 0 Å². The molecule has 0 aliphatic heterocycles. The first-order chi connectivity index (χ1) is 7.58. The summed E-state index contributed by atoms with van der Waals surface area (Å²) in [6, 6.07) is 5.04. The average molecular weight is 306 g/mol. The molecule has 0 spiro atoms. The summed E-state index contributed by atoms with van der Waals surface area (Å²) in [7, 11) is 1.31. The highest BCUT2D eigenvalue weighted by Crippen LogP contribution is 2.24. The zero-order valence-corrected chi connectivity index (χ0v) is 10.9. The van der Waals surface area contributed by atoms with Crippen molar-refractivity contribution < 1.29 is 9.53 Å². The molecule has 6 heteroatoms. The predicted octanol–water partition coefficient (Wildman–Crippen LogP) is 2.46. The lowest BCUT2D eigenvalue weighted by molar-refractivity contribution is 0.0601. The van der Waals surface area contributed by atoms with Crippen LogP contribution in [0.1, 0.15) is 10.4 Å². The maximum absolute atomic E-state index is 11.5. The highest BCUT2D eigenvalue weighted by atomic mass is 79.9. The number of benzene rings is 1. The Bertz CT molecular complexity index is 435. The van der Waals surface area contributed by atoms with Crippen molar-refractivity contribution in [2.24, 2.45) is 10.7 Å². The van der Waals surface area contributed by atoms with E-state index in [1.54, 1.807) is 18.2 Å². The van der Waals surface area contributed by atoms with Gasteiger partial charge in [-0.05, 0) is 18.2 Å². The second kappa shape index (κ2) is 5.86. The minimum Gasteiger partial charge on any atom is -0.465 e. The van der Waals surface area contributed by atoms with Crippen LogP contribution in [0, 0.1) is 0 Å². The molecule has 0 heterocycles. The Hall–Kier alpha value is -1.07. The molecule has 0 radical (unpaired) electrons. The molecule has 0 aliphatic rings. The molecule has 0 saturated heterocycles. The molecule has 0 unspecified atom stereocenters. The SMILES string of the molecule is COC(=O)c1cc(Br)ccc1N=C(N)CCl. The maximum Gasteiger partial charge on any atom is 0.340 e. The van der Waals surface area contributed by atoms with E-state index in [1.165, 1.54) is 7.11 Å². The molecule has 0 atom stereocenters. The van der Waals surface area contributed by atoms with Gasteiger partial charge in [0.25, 0.3) is 0 Å². The summed E-state index contributed by atoms with van der Waals surface area (Å²) in [6.45, 7) is 0. The van der Waals surface area contributed by atoms with Crippen molar-refractivity contribution in [3.8, 4) is 0 Å². The number of nitrogens with zero attached hydrogens (tertiary/aromatic N) is 1. The summed E-state index contributed by atoms with van der Waals surface area (Å²) < 4.78 is 5.40. The first-order valence-corrected chi connectivity index (χ1v) is 5.68. The number of amidine groups is 1. The number of nitrogens with two attached hydrogens (primary N) is 1. The van der Waals surface area contributed by atoms with Gasteiger partial charge in [-0.25, -0.2) is 9.79 Å². The van der Waals surface area contributed by atoms with E-state index in [0.717, 1.165) is 4.47 Å². The Balaban J connectivity index is 3.23. The topological polar surface area (TPSA) is 64.7 Å². The van der Waals surface area contributed by atoms with Gasteiger partial charge in [0.15, 0.2) is 0 Å². The molecule has 0 bridgehead atoms. The number of alkyl halides is 1. The zero-order valence-electron chi connectivity index (χ0n) is 8.54. The van der Waals surface area contributed by atoms with E-state index in [-0.39, 0.29) is 11.7 Å². The number of carbonyl (C=O) groups excluding carboxylic acids is 1. The maximum atomic E-state index is 11.5. The number of hydrogen-bond donors (Lipinski definition) is 1. The fourth-order valence-electron chi connectivity index (χ4n) is 1.06. The lowest BCUT2D eigenvalue weighted by atomic mass is 10.2. The number of carbonyl (C=O) groups is 1. The minimum atomic E-state index is -0.470. The Labute approximate surface area is 107 Å². The molecule has 86 valence electrons. The number of esters is 1. The summed E-state index contributed by atoms with van der Waals surface area (Å²) in [5, 5.41) is 0. The van der Waals surface area contributed by atoms with Crippen molar-refractivity contribution in [1.29, 1.82) is 0 Å². The van der Waals surface area contributed by atoms with Crippen molar-refractivity contribution in [2.75, 3.05) is 13.0 Å². The van der Waals surface area contributed by atoms with Crippen LogP contribution < -0.4 is 5.73 Å². The molecule has 0 amide bonds. The second-order valence-electron chi connectivity index (χ2n) is 2.89. The molecule has 0 fully saturated rings. The van der Waals surface area contributed by atoms with Crippen LogP contribution >= 0.6 is 27.5 Å². The van der Waals surface area contributed by atoms with Gasteiger partial charge in [0, 0.05) is 4.47 Å². The monoisotopic (exact) mass is 304 g/mol.